The van der Waals surface area contributed by atoms with Crippen LogP contribution in [0.1, 0.15) is 35.2 Å². The van der Waals surface area contributed by atoms with Crippen molar-refractivity contribution in [3.8, 4) is 0 Å². The number of nitrogens with one attached hydrogen (secondary N) is 1. The van der Waals surface area contributed by atoms with E-state index in [-0.39, 0.29) is 18.5 Å². The molecule has 5 rings (SSSR count). The number of likely N-dealkylation sites (tertiary alicyclic amines) is 1. The number of anilines is 2. The number of fused-ring (bicyclic) bond motifs is 1. The molecule has 0 unspecified atom stereocenters. The number of piperidine rings is 1. The van der Waals surface area contributed by atoms with Crippen LogP contribution >= 0.6 is 0 Å². The average Bonchev–Trinajstić information content (AvgIpc) is 3.38. The molecule has 2 amide bonds. The number of nitrogens with zero attached hydrogens (tertiary/aromatic N) is 6. The molecule has 2 aromatic heterocycles. The van der Waals surface area contributed by atoms with Crippen molar-refractivity contribution in [3.63, 3.8) is 0 Å². The maximum Gasteiger partial charge on any atom is 0.410 e. The highest BCUT2D eigenvalue weighted by Gasteiger charge is 2.25. The van der Waals surface area contributed by atoms with E-state index in [2.05, 4.69) is 32.1 Å². The highest BCUT2D eigenvalue weighted by atomic mass is 19.3. The second-order valence-corrected chi connectivity index (χ2v) is 10.2. The summed E-state index contributed by atoms with van der Waals surface area (Å²) in [6.45, 7) is 1.69. The number of hydrogen-bond acceptors (Lipinski definition) is 7. The molecule has 2 aliphatic rings. The molecule has 4 heterocycles. The molecule has 0 bridgehead atoms. The van der Waals surface area contributed by atoms with E-state index >= 15 is 0 Å². The van der Waals surface area contributed by atoms with E-state index in [4.69, 9.17) is 0 Å². The van der Waals surface area contributed by atoms with Crippen molar-refractivity contribution in [1.82, 2.24) is 29.3 Å². The number of ether oxygens (including phenoxy) is 1. The third-order valence-corrected chi connectivity index (χ3v) is 7.45. The van der Waals surface area contributed by atoms with Gasteiger partial charge in [0, 0.05) is 49.2 Å². The Bertz CT molecular complexity index is 1380. The van der Waals surface area contributed by atoms with Crippen molar-refractivity contribution in [2.45, 2.75) is 31.7 Å². The van der Waals surface area contributed by atoms with Crippen LogP contribution in [0.25, 0.3) is 11.2 Å². The van der Waals surface area contributed by atoms with Gasteiger partial charge in [0.25, 0.3) is 12.3 Å². The minimum Gasteiger partial charge on any atom is -0.443 e. The predicted octanol–water partition coefficient (Wildman–Crippen LogP) is 4.13. The molecule has 2 aliphatic heterocycles. The standard InChI is InChI=1S/C28H33F2N7O3/c1-34-14-11-22(12-15-34)35(2)26(38)20-5-7-21(8-6-20)31-27-32-25-23(4-3-13-37(25)33-27)19-9-16-36(17-10-19)28(39)40-18-24(29)30/h3-9,13,22,24H,10-12,14-18H2,1-2H3,(H,31,33). The fraction of sp³-hybridized carbons (Fsp3) is 0.429. The molecule has 40 heavy (non-hydrogen) atoms. The molecule has 1 aromatic carbocycles. The van der Waals surface area contributed by atoms with Crippen LogP contribution in [0.2, 0.25) is 0 Å². The maximum absolute atomic E-state index is 13.0. The largest absolute Gasteiger partial charge is 0.443 e. The van der Waals surface area contributed by atoms with Gasteiger partial charge in [-0.1, -0.05) is 6.08 Å². The Hall–Kier alpha value is -4.06. The summed E-state index contributed by atoms with van der Waals surface area (Å²) in [6.07, 6.45) is 2.72. The average molecular weight is 554 g/mol. The molecule has 212 valence electrons. The number of aromatic nitrogens is 3. The molecule has 0 saturated carbocycles. The van der Waals surface area contributed by atoms with E-state index in [0.29, 0.717) is 30.1 Å². The predicted molar refractivity (Wildman–Crippen MR) is 147 cm³/mol. The number of amides is 2. The number of halogens is 2. The van der Waals surface area contributed by atoms with Crippen molar-refractivity contribution in [2.75, 3.05) is 52.2 Å². The number of carbonyl (C=O) groups is 2. The van der Waals surface area contributed by atoms with Crippen LogP contribution in [-0.2, 0) is 4.74 Å². The highest BCUT2D eigenvalue weighted by Crippen LogP contribution is 2.27. The minimum absolute atomic E-state index is 0.0122. The van der Waals surface area contributed by atoms with Gasteiger partial charge in [-0.3, -0.25) is 4.79 Å². The van der Waals surface area contributed by atoms with E-state index in [0.717, 1.165) is 42.8 Å². The number of alkyl halides is 2. The third kappa shape index (κ3) is 6.22. The number of rotatable bonds is 7. The Morgan fingerprint density at radius 3 is 2.58 bits per heavy atom. The molecular weight excluding hydrogens is 520 g/mol. The van der Waals surface area contributed by atoms with Gasteiger partial charge in [0.05, 0.1) is 0 Å². The molecule has 12 heteroatoms. The molecule has 1 saturated heterocycles. The van der Waals surface area contributed by atoms with Gasteiger partial charge >= 0.3 is 6.09 Å². The van der Waals surface area contributed by atoms with E-state index in [1.807, 2.05) is 54.4 Å². The first kappa shape index (κ1) is 27.5. The van der Waals surface area contributed by atoms with Gasteiger partial charge in [-0.15, -0.1) is 5.10 Å². The molecule has 10 nitrogen and oxygen atoms in total. The zero-order valence-corrected chi connectivity index (χ0v) is 22.6. The SMILES string of the molecule is CN1CCC(N(C)C(=O)c2ccc(Nc3nc4c(C5=CCN(C(=O)OCC(F)F)CC5)cccn4n3)cc2)CC1. The topological polar surface area (TPSA) is 95.3 Å². The van der Waals surface area contributed by atoms with E-state index < -0.39 is 19.1 Å². The van der Waals surface area contributed by atoms with Gasteiger partial charge in [0.2, 0.25) is 5.95 Å². The molecular formula is C28H33F2N7O3. The molecule has 1 fully saturated rings. The Morgan fingerprint density at radius 1 is 1.15 bits per heavy atom. The first-order valence-corrected chi connectivity index (χ1v) is 13.4. The van der Waals surface area contributed by atoms with Crippen LogP contribution in [0.15, 0.2) is 48.7 Å². The lowest BCUT2D eigenvalue weighted by atomic mass is 10.0. The molecule has 3 aromatic rings. The smallest absolute Gasteiger partial charge is 0.410 e. The number of pyridine rings is 1. The van der Waals surface area contributed by atoms with Gasteiger partial charge < -0.3 is 24.8 Å². The monoisotopic (exact) mass is 553 g/mol. The summed E-state index contributed by atoms with van der Waals surface area (Å²) in [7, 11) is 3.98. The van der Waals surface area contributed by atoms with Crippen molar-refractivity contribution < 1.29 is 23.1 Å². The Morgan fingerprint density at radius 2 is 1.90 bits per heavy atom. The molecule has 0 radical (unpaired) electrons. The molecule has 0 aliphatic carbocycles. The fourth-order valence-electron chi connectivity index (χ4n) is 5.09. The molecule has 1 N–H and O–H groups in total. The molecule has 0 spiro atoms. The van der Waals surface area contributed by atoms with Gasteiger partial charge in [0.15, 0.2) is 12.3 Å². The Kier molecular flexibility index (Phi) is 8.24. The van der Waals surface area contributed by atoms with Gasteiger partial charge in [0.1, 0.15) is 0 Å². The quantitative estimate of drug-likeness (QED) is 0.470. The van der Waals surface area contributed by atoms with Gasteiger partial charge in [-0.2, -0.15) is 4.98 Å². The van der Waals surface area contributed by atoms with E-state index in [9.17, 15) is 18.4 Å². The number of hydrogen-bond donors (Lipinski definition) is 1. The van der Waals surface area contributed by atoms with Crippen molar-refractivity contribution in [2.24, 2.45) is 0 Å². The van der Waals surface area contributed by atoms with Crippen molar-refractivity contribution in [1.29, 1.82) is 0 Å². The summed E-state index contributed by atoms with van der Waals surface area (Å²) in [5.41, 5.74) is 3.90. The summed E-state index contributed by atoms with van der Waals surface area (Å²) in [5.74, 6) is 0.418. The van der Waals surface area contributed by atoms with Crippen LogP contribution in [0.5, 0.6) is 0 Å². The Labute approximate surface area is 231 Å². The lowest BCUT2D eigenvalue weighted by Crippen LogP contribution is -2.44. The second kappa shape index (κ2) is 12.0. The van der Waals surface area contributed by atoms with Gasteiger partial charge in [-0.25, -0.2) is 18.1 Å². The zero-order valence-electron chi connectivity index (χ0n) is 22.6. The lowest BCUT2D eigenvalue weighted by molar-refractivity contribution is 0.0332. The summed E-state index contributed by atoms with van der Waals surface area (Å²) in [6, 6.07) is 11.4. The van der Waals surface area contributed by atoms with Crippen LogP contribution in [0.4, 0.5) is 25.2 Å². The Balaban J connectivity index is 1.24. The first-order valence-electron chi connectivity index (χ1n) is 13.4. The summed E-state index contributed by atoms with van der Waals surface area (Å²) >= 11 is 0. The van der Waals surface area contributed by atoms with Crippen LogP contribution in [-0.4, -0.2) is 101 Å². The normalized spacial score (nSPS) is 16.7. The fourth-order valence-corrected chi connectivity index (χ4v) is 5.09. The summed E-state index contributed by atoms with van der Waals surface area (Å²) in [5, 5.41) is 7.74. The number of carbonyl (C=O) groups excluding carboxylic acids is 2. The third-order valence-electron chi connectivity index (χ3n) is 7.45. The van der Waals surface area contributed by atoms with Gasteiger partial charge in [-0.05, 0) is 81.4 Å². The highest BCUT2D eigenvalue weighted by molar-refractivity contribution is 5.94. The maximum atomic E-state index is 13.0. The van der Waals surface area contributed by atoms with Crippen molar-refractivity contribution >= 4 is 34.9 Å². The van der Waals surface area contributed by atoms with Crippen LogP contribution < -0.4 is 5.32 Å². The van der Waals surface area contributed by atoms with Crippen LogP contribution in [0, 0.1) is 0 Å². The van der Waals surface area contributed by atoms with Crippen LogP contribution in [0.3, 0.4) is 0 Å². The van der Waals surface area contributed by atoms with E-state index in [1.54, 1.807) is 10.7 Å². The first-order chi connectivity index (χ1) is 19.3. The van der Waals surface area contributed by atoms with Crippen molar-refractivity contribution in [3.05, 3.63) is 59.8 Å². The summed E-state index contributed by atoms with van der Waals surface area (Å²) < 4.78 is 31.0. The number of benzene rings is 1. The molecule has 0 atom stereocenters. The lowest BCUT2D eigenvalue weighted by Gasteiger charge is -2.35. The van der Waals surface area contributed by atoms with E-state index in [1.165, 1.54) is 4.90 Å². The second-order valence-electron chi connectivity index (χ2n) is 10.2. The summed E-state index contributed by atoms with van der Waals surface area (Å²) in [4.78, 5) is 35.2. The minimum atomic E-state index is -2.69. The zero-order chi connectivity index (χ0) is 28.2.